The normalized spacial score (nSPS) is 24.1. The largest absolute Gasteiger partial charge is 0.380 e. The summed E-state index contributed by atoms with van der Waals surface area (Å²) in [6.45, 7) is 5.65. The van der Waals surface area contributed by atoms with Gasteiger partial charge in [0, 0.05) is 19.3 Å². The fourth-order valence-electron chi connectivity index (χ4n) is 2.30. The maximum absolute atomic E-state index is 5.47. The first-order valence-corrected chi connectivity index (χ1v) is 5.40. The van der Waals surface area contributed by atoms with Crippen LogP contribution in [-0.4, -0.2) is 37.3 Å². The highest BCUT2D eigenvalue weighted by Gasteiger charge is 2.30. The molecular formula is C11H15N3O. The van der Waals surface area contributed by atoms with E-state index in [9.17, 15) is 0 Å². The van der Waals surface area contributed by atoms with E-state index in [1.54, 1.807) is 0 Å². The fraction of sp³-hybridized carbons (Fsp3) is 0.545. The third-order valence-corrected chi connectivity index (χ3v) is 3.15. The van der Waals surface area contributed by atoms with Crippen LogP contribution in [0.15, 0.2) is 12.3 Å². The van der Waals surface area contributed by atoms with Crippen molar-refractivity contribution in [2.45, 2.75) is 13.0 Å². The van der Waals surface area contributed by atoms with E-state index in [4.69, 9.17) is 4.74 Å². The average Bonchev–Trinajstić information content (AvgIpc) is 2.29. The fourth-order valence-corrected chi connectivity index (χ4v) is 2.30. The minimum absolute atomic E-state index is 0.445. The maximum atomic E-state index is 5.47. The van der Waals surface area contributed by atoms with Crippen LogP contribution in [0, 0.1) is 6.92 Å². The number of aryl methyl sites for hydroxylation is 1. The summed E-state index contributed by atoms with van der Waals surface area (Å²) in [5.74, 6) is 1.09. The van der Waals surface area contributed by atoms with Gasteiger partial charge in [-0.15, -0.1) is 0 Å². The second kappa shape index (κ2) is 3.38. The highest BCUT2D eigenvalue weighted by molar-refractivity contribution is 5.72. The van der Waals surface area contributed by atoms with Crippen molar-refractivity contribution in [3.8, 4) is 0 Å². The van der Waals surface area contributed by atoms with Crippen LogP contribution in [0.3, 0.4) is 0 Å². The Morgan fingerprint density at radius 1 is 1.60 bits per heavy atom. The molecule has 0 bridgehead atoms. The molecule has 1 fully saturated rings. The van der Waals surface area contributed by atoms with Crippen LogP contribution in [0.2, 0.25) is 0 Å². The molecule has 4 nitrogen and oxygen atoms in total. The van der Waals surface area contributed by atoms with Crippen molar-refractivity contribution in [2.75, 3.05) is 36.5 Å². The summed E-state index contributed by atoms with van der Waals surface area (Å²) in [5, 5.41) is 3.45. The molecule has 0 amide bonds. The van der Waals surface area contributed by atoms with E-state index in [2.05, 4.69) is 22.1 Å². The van der Waals surface area contributed by atoms with Crippen molar-refractivity contribution in [3.05, 3.63) is 17.8 Å². The lowest BCUT2D eigenvalue weighted by molar-refractivity contribution is 0.0959. The van der Waals surface area contributed by atoms with Crippen LogP contribution >= 0.6 is 0 Å². The van der Waals surface area contributed by atoms with E-state index < -0.39 is 0 Å². The number of pyridine rings is 1. The first kappa shape index (κ1) is 8.97. The summed E-state index contributed by atoms with van der Waals surface area (Å²) in [4.78, 5) is 6.84. The molecule has 3 heterocycles. The number of nitrogens with zero attached hydrogens (tertiary/aromatic N) is 2. The lowest BCUT2D eigenvalue weighted by atomic mass is 10.1. The smallest absolute Gasteiger partial charge is 0.152 e. The van der Waals surface area contributed by atoms with Crippen molar-refractivity contribution in [2.24, 2.45) is 0 Å². The average molecular weight is 205 g/mol. The highest BCUT2D eigenvalue weighted by Crippen LogP contribution is 2.32. The van der Waals surface area contributed by atoms with Crippen molar-refractivity contribution < 1.29 is 4.74 Å². The van der Waals surface area contributed by atoms with E-state index in [0.29, 0.717) is 6.04 Å². The van der Waals surface area contributed by atoms with Gasteiger partial charge in [0.05, 0.1) is 24.9 Å². The van der Waals surface area contributed by atoms with E-state index >= 15 is 0 Å². The highest BCUT2D eigenvalue weighted by atomic mass is 16.5. The topological polar surface area (TPSA) is 37.4 Å². The van der Waals surface area contributed by atoms with E-state index in [-0.39, 0.29) is 0 Å². The molecule has 0 radical (unpaired) electrons. The molecular weight excluding hydrogens is 190 g/mol. The Balaban J connectivity index is 2.03. The molecule has 0 saturated carbocycles. The summed E-state index contributed by atoms with van der Waals surface area (Å²) in [6, 6.07) is 2.49. The Bertz CT molecular complexity index is 380. The van der Waals surface area contributed by atoms with E-state index in [1.807, 2.05) is 12.3 Å². The van der Waals surface area contributed by atoms with Crippen LogP contribution in [0.25, 0.3) is 0 Å². The van der Waals surface area contributed by atoms with Crippen molar-refractivity contribution in [3.63, 3.8) is 0 Å². The molecule has 15 heavy (non-hydrogen) atoms. The molecule has 1 atom stereocenters. The van der Waals surface area contributed by atoms with Gasteiger partial charge < -0.3 is 15.0 Å². The zero-order valence-corrected chi connectivity index (χ0v) is 8.86. The molecule has 4 heteroatoms. The summed E-state index contributed by atoms with van der Waals surface area (Å²) < 4.78 is 5.47. The second-order valence-electron chi connectivity index (χ2n) is 4.13. The third kappa shape index (κ3) is 1.36. The predicted molar refractivity (Wildman–Crippen MR) is 59.4 cm³/mol. The standard InChI is InChI=1S/C11H15N3O/c1-8-2-3-12-11-10(8)13-6-9-7-15-5-4-14(9)11/h2-3,9,13H,4-7H2,1H3. The van der Waals surface area contributed by atoms with E-state index in [1.165, 1.54) is 11.3 Å². The molecule has 0 spiro atoms. The SMILES string of the molecule is Cc1ccnc2c1NCC1COCCN21. The number of nitrogens with one attached hydrogen (secondary N) is 1. The first-order chi connectivity index (χ1) is 7.36. The van der Waals surface area contributed by atoms with Crippen molar-refractivity contribution in [1.82, 2.24) is 4.98 Å². The van der Waals surface area contributed by atoms with Crippen molar-refractivity contribution in [1.29, 1.82) is 0 Å². The Hall–Kier alpha value is -1.29. The van der Waals surface area contributed by atoms with Gasteiger partial charge in [0.15, 0.2) is 5.82 Å². The van der Waals surface area contributed by atoms with Gasteiger partial charge >= 0.3 is 0 Å². The lowest BCUT2D eigenvalue weighted by Gasteiger charge is -2.41. The second-order valence-corrected chi connectivity index (χ2v) is 4.13. The first-order valence-electron chi connectivity index (χ1n) is 5.40. The molecule has 3 rings (SSSR count). The van der Waals surface area contributed by atoms with Crippen LogP contribution in [0.4, 0.5) is 11.5 Å². The molecule has 80 valence electrons. The molecule has 1 aromatic rings. The van der Waals surface area contributed by atoms with Gasteiger partial charge in [-0.25, -0.2) is 4.98 Å². The summed E-state index contributed by atoms with van der Waals surface area (Å²) >= 11 is 0. The zero-order valence-electron chi connectivity index (χ0n) is 8.86. The number of ether oxygens (including phenoxy) is 1. The van der Waals surface area contributed by atoms with Gasteiger partial charge in [0.2, 0.25) is 0 Å². The predicted octanol–water partition coefficient (Wildman–Crippen LogP) is 1.02. The summed E-state index contributed by atoms with van der Waals surface area (Å²) in [6.07, 6.45) is 1.88. The molecule has 0 aromatic carbocycles. The molecule has 1 saturated heterocycles. The number of hydrogen-bond donors (Lipinski definition) is 1. The minimum atomic E-state index is 0.445. The number of fused-ring (bicyclic) bond motifs is 3. The number of anilines is 2. The monoisotopic (exact) mass is 205 g/mol. The number of rotatable bonds is 0. The molecule has 2 aliphatic heterocycles. The number of aromatic nitrogens is 1. The van der Waals surface area contributed by atoms with Crippen LogP contribution in [0.5, 0.6) is 0 Å². The maximum Gasteiger partial charge on any atom is 0.152 e. The van der Waals surface area contributed by atoms with Gasteiger partial charge in [-0.3, -0.25) is 0 Å². The van der Waals surface area contributed by atoms with Gasteiger partial charge in [-0.1, -0.05) is 0 Å². The molecule has 0 aliphatic carbocycles. The van der Waals surface area contributed by atoms with E-state index in [0.717, 1.165) is 32.1 Å². The van der Waals surface area contributed by atoms with Gasteiger partial charge in [0.1, 0.15) is 0 Å². The zero-order chi connectivity index (χ0) is 10.3. The third-order valence-electron chi connectivity index (χ3n) is 3.15. The minimum Gasteiger partial charge on any atom is -0.380 e. The van der Waals surface area contributed by atoms with Gasteiger partial charge in [-0.2, -0.15) is 0 Å². The Morgan fingerprint density at radius 2 is 2.53 bits per heavy atom. The van der Waals surface area contributed by atoms with Crippen LogP contribution in [0.1, 0.15) is 5.56 Å². The Morgan fingerprint density at radius 3 is 3.47 bits per heavy atom. The molecule has 2 aliphatic rings. The van der Waals surface area contributed by atoms with Crippen LogP contribution in [-0.2, 0) is 4.74 Å². The number of hydrogen-bond acceptors (Lipinski definition) is 4. The lowest BCUT2D eigenvalue weighted by Crippen LogP contribution is -2.52. The molecule has 1 unspecified atom stereocenters. The Labute approximate surface area is 89.3 Å². The van der Waals surface area contributed by atoms with Crippen LogP contribution < -0.4 is 10.2 Å². The van der Waals surface area contributed by atoms with Gasteiger partial charge in [-0.05, 0) is 18.6 Å². The summed E-state index contributed by atoms with van der Waals surface area (Å²) in [5.41, 5.74) is 2.46. The number of morpholine rings is 1. The molecule has 1 aromatic heterocycles. The van der Waals surface area contributed by atoms with Gasteiger partial charge in [0.25, 0.3) is 0 Å². The quantitative estimate of drug-likeness (QED) is 0.686. The summed E-state index contributed by atoms with van der Waals surface area (Å²) in [7, 11) is 0. The molecule has 1 N–H and O–H groups in total. The Kier molecular flexibility index (Phi) is 2.02. The van der Waals surface area contributed by atoms with Crippen molar-refractivity contribution >= 4 is 11.5 Å².